The lowest BCUT2D eigenvalue weighted by Crippen LogP contribution is -2.40. The number of nitrogens with zero attached hydrogens (tertiary/aromatic N) is 4. The number of aryl methyl sites for hydroxylation is 1. The van der Waals surface area contributed by atoms with E-state index in [1.165, 1.54) is 0 Å². The van der Waals surface area contributed by atoms with E-state index >= 15 is 0 Å². The summed E-state index contributed by atoms with van der Waals surface area (Å²) in [7, 11) is 0. The third-order valence-electron chi connectivity index (χ3n) is 4.22. The molecule has 1 amide bonds. The molecular formula is C15H19ClN4O2. The van der Waals surface area contributed by atoms with Gasteiger partial charge in [-0.3, -0.25) is 4.79 Å². The molecule has 0 N–H and O–H groups in total. The van der Waals surface area contributed by atoms with Gasteiger partial charge in [-0.05, 0) is 37.8 Å². The van der Waals surface area contributed by atoms with Gasteiger partial charge in [0, 0.05) is 37.5 Å². The van der Waals surface area contributed by atoms with Crippen molar-refractivity contribution in [3.63, 3.8) is 0 Å². The van der Waals surface area contributed by atoms with Gasteiger partial charge in [0.2, 0.25) is 11.1 Å². The maximum atomic E-state index is 12.4. The van der Waals surface area contributed by atoms with Gasteiger partial charge in [-0.1, -0.05) is 5.16 Å². The molecule has 0 bridgehead atoms. The maximum absolute atomic E-state index is 12.4. The van der Waals surface area contributed by atoms with Gasteiger partial charge in [-0.25, -0.2) is 4.98 Å². The highest BCUT2D eigenvalue weighted by Gasteiger charge is 2.24. The number of hydrogen-bond donors (Lipinski definition) is 0. The van der Waals surface area contributed by atoms with Crippen LogP contribution in [0.25, 0.3) is 0 Å². The van der Waals surface area contributed by atoms with Gasteiger partial charge in [0.1, 0.15) is 0 Å². The van der Waals surface area contributed by atoms with Gasteiger partial charge in [0.25, 0.3) is 0 Å². The molecule has 2 aromatic heterocycles. The van der Waals surface area contributed by atoms with Gasteiger partial charge in [-0.2, -0.15) is 0 Å². The molecule has 1 atom stereocenters. The van der Waals surface area contributed by atoms with Crippen LogP contribution in [0.15, 0.2) is 23.2 Å². The molecule has 3 rings (SSSR count). The second-order valence-corrected chi connectivity index (χ2v) is 6.01. The summed E-state index contributed by atoms with van der Waals surface area (Å²) in [6.45, 7) is 3.40. The Morgan fingerprint density at radius 1 is 1.55 bits per heavy atom. The smallest absolute Gasteiger partial charge is 0.229 e. The third kappa shape index (κ3) is 3.16. The largest absolute Gasteiger partial charge is 0.344 e. The molecule has 3 heterocycles. The van der Waals surface area contributed by atoms with E-state index in [0.29, 0.717) is 24.1 Å². The number of halogens is 1. The van der Waals surface area contributed by atoms with Crippen LogP contribution in [0.4, 0.5) is 0 Å². The quantitative estimate of drug-likeness (QED) is 0.868. The minimum absolute atomic E-state index is 0.154. The number of rotatable bonds is 4. The number of carbonyl (C=O) groups excluding carboxylic acids is 1. The second-order valence-electron chi connectivity index (χ2n) is 5.67. The Balaban J connectivity index is 1.58. The predicted molar refractivity (Wildman–Crippen MR) is 81.6 cm³/mol. The fourth-order valence-corrected chi connectivity index (χ4v) is 3.21. The number of hydrogen-bond acceptors (Lipinski definition) is 4. The summed E-state index contributed by atoms with van der Waals surface area (Å²) < 4.78 is 7.00. The molecule has 6 nitrogen and oxygen atoms in total. The van der Waals surface area contributed by atoms with Crippen molar-refractivity contribution >= 4 is 17.5 Å². The van der Waals surface area contributed by atoms with Crippen LogP contribution in [0.5, 0.6) is 0 Å². The van der Waals surface area contributed by atoms with Crippen molar-refractivity contribution in [2.45, 2.75) is 38.6 Å². The molecule has 0 aliphatic carbocycles. The first-order valence-electron chi connectivity index (χ1n) is 7.51. The zero-order valence-electron chi connectivity index (χ0n) is 12.5. The molecule has 0 aromatic carbocycles. The number of likely N-dealkylation sites (tertiary alicyclic amines) is 1. The summed E-state index contributed by atoms with van der Waals surface area (Å²) >= 11 is 5.94. The van der Waals surface area contributed by atoms with Crippen LogP contribution < -0.4 is 0 Å². The van der Waals surface area contributed by atoms with Crippen molar-refractivity contribution in [2.75, 3.05) is 13.1 Å². The highest BCUT2D eigenvalue weighted by Crippen LogP contribution is 2.24. The summed E-state index contributed by atoms with van der Waals surface area (Å²) in [5.41, 5.74) is 1.59. The molecule has 0 saturated carbocycles. The zero-order valence-corrected chi connectivity index (χ0v) is 13.3. The van der Waals surface area contributed by atoms with Gasteiger partial charge in [-0.15, -0.1) is 0 Å². The number of imidazole rings is 1. The SMILES string of the molecule is Cc1noc(Cl)c1CCC(=O)N1CCCC(n2ccnc2)C1. The van der Waals surface area contributed by atoms with Crippen molar-refractivity contribution in [3.05, 3.63) is 35.2 Å². The van der Waals surface area contributed by atoms with Crippen molar-refractivity contribution in [1.82, 2.24) is 19.6 Å². The normalized spacial score (nSPS) is 18.6. The van der Waals surface area contributed by atoms with Crippen molar-refractivity contribution in [2.24, 2.45) is 0 Å². The van der Waals surface area contributed by atoms with Gasteiger partial charge in [0.05, 0.1) is 18.1 Å². The van der Waals surface area contributed by atoms with Crippen LogP contribution in [0.1, 0.15) is 36.6 Å². The fourth-order valence-electron chi connectivity index (χ4n) is 2.94. The summed E-state index contributed by atoms with van der Waals surface area (Å²) in [6, 6.07) is 0.320. The summed E-state index contributed by atoms with van der Waals surface area (Å²) in [4.78, 5) is 18.5. The molecule has 1 saturated heterocycles. The first-order valence-corrected chi connectivity index (χ1v) is 7.89. The lowest BCUT2D eigenvalue weighted by Gasteiger charge is -2.33. The molecule has 1 fully saturated rings. The average Bonchev–Trinajstić information content (AvgIpc) is 3.16. The molecule has 0 spiro atoms. The Hall–Kier alpha value is -1.82. The van der Waals surface area contributed by atoms with Gasteiger partial charge in [0.15, 0.2) is 0 Å². The predicted octanol–water partition coefficient (Wildman–Crippen LogP) is 2.63. The molecule has 1 aliphatic heterocycles. The van der Waals surface area contributed by atoms with E-state index in [1.54, 1.807) is 6.20 Å². The second kappa shape index (κ2) is 6.52. The van der Waals surface area contributed by atoms with Crippen LogP contribution in [0, 0.1) is 6.92 Å². The van der Waals surface area contributed by atoms with Crippen molar-refractivity contribution in [1.29, 1.82) is 0 Å². The topological polar surface area (TPSA) is 64.2 Å². The Kier molecular flexibility index (Phi) is 4.47. The molecular weight excluding hydrogens is 304 g/mol. The molecule has 0 radical (unpaired) electrons. The fraction of sp³-hybridized carbons (Fsp3) is 0.533. The molecule has 118 valence electrons. The molecule has 2 aromatic rings. The standard InChI is InChI=1S/C15H19ClN4O2/c1-11-13(15(16)22-18-11)4-5-14(21)19-7-2-3-12(9-19)20-8-6-17-10-20/h6,8,10,12H,2-5,7,9H2,1H3. The lowest BCUT2D eigenvalue weighted by atomic mass is 10.0. The minimum Gasteiger partial charge on any atom is -0.344 e. The average molecular weight is 323 g/mol. The van der Waals surface area contributed by atoms with Crippen LogP contribution in [-0.4, -0.2) is 38.6 Å². The van der Waals surface area contributed by atoms with E-state index in [-0.39, 0.29) is 5.91 Å². The highest BCUT2D eigenvalue weighted by atomic mass is 35.5. The van der Waals surface area contributed by atoms with Gasteiger partial charge >= 0.3 is 0 Å². The van der Waals surface area contributed by atoms with Crippen LogP contribution >= 0.6 is 11.6 Å². The van der Waals surface area contributed by atoms with E-state index in [0.717, 1.165) is 37.2 Å². The summed E-state index contributed by atoms with van der Waals surface area (Å²) in [6.07, 6.45) is 8.64. The van der Waals surface area contributed by atoms with Crippen LogP contribution in [-0.2, 0) is 11.2 Å². The van der Waals surface area contributed by atoms with E-state index in [4.69, 9.17) is 16.1 Å². The number of amides is 1. The minimum atomic E-state index is 0.154. The zero-order chi connectivity index (χ0) is 15.5. The van der Waals surface area contributed by atoms with E-state index < -0.39 is 0 Å². The number of piperidine rings is 1. The van der Waals surface area contributed by atoms with E-state index in [9.17, 15) is 4.79 Å². The van der Waals surface area contributed by atoms with E-state index in [2.05, 4.69) is 14.7 Å². The Morgan fingerprint density at radius 3 is 3.09 bits per heavy atom. The summed E-state index contributed by atoms with van der Waals surface area (Å²) in [5.74, 6) is 0.154. The van der Waals surface area contributed by atoms with Crippen LogP contribution in [0.3, 0.4) is 0 Å². The van der Waals surface area contributed by atoms with Gasteiger partial charge < -0.3 is 14.0 Å². The maximum Gasteiger partial charge on any atom is 0.229 e. The molecule has 1 unspecified atom stereocenters. The Labute approximate surface area is 134 Å². The Morgan fingerprint density at radius 2 is 2.41 bits per heavy atom. The Bertz CT molecular complexity index is 619. The monoisotopic (exact) mass is 322 g/mol. The molecule has 1 aliphatic rings. The highest BCUT2D eigenvalue weighted by molar-refractivity contribution is 6.29. The third-order valence-corrected chi connectivity index (χ3v) is 4.52. The van der Waals surface area contributed by atoms with Crippen molar-refractivity contribution in [3.8, 4) is 0 Å². The number of aromatic nitrogens is 3. The lowest BCUT2D eigenvalue weighted by molar-refractivity contribution is -0.132. The molecule has 7 heteroatoms. The van der Waals surface area contributed by atoms with E-state index in [1.807, 2.05) is 24.3 Å². The van der Waals surface area contributed by atoms with Crippen LogP contribution in [0.2, 0.25) is 5.22 Å². The summed E-state index contributed by atoms with van der Waals surface area (Å²) in [5, 5.41) is 4.10. The molecule has 22 heavy (non-hydrogen) atoms. The first kappa shape index (κ1) is 15.1. The van der Waals surface area contributed by atoms with Crippen molar-refractivity contribution < 1.29 is 9.32 Å². The number of carbonyl (C=O) groups is 1. The first-order chi connectivity index (χ1) is 10.6.